The molecule has 5 heteroatoms. The van der Waals surface area contributed by atoms with E-state index in [9.17, 15) is 0 Å². The van der Waals surface area contributed by atoms with E-state index < -0.39 is 0 Å². The Bertz CT molecular complexity index is 540. The van der Waals surface area contributed by atoms with Gasteiger partial charge in [0.25, 0.3) is 0 Å². The average Bonchev–Trinajstić information content (AvgIpc) is 2.75. The summed E-state index contributed by atoms with van der Waals surface area (Å²) in [6.07, 6.45) is 1.89. The van der Waals surface area contributed by atoms with E-state index in [1.54, 1.807) is 11.3 Å². The van der Waals surface area contributed by atoms with Crippen molar-refractivity contribution in [1.82, 2.24) is 10.3 Å². The zero-order valence-corrected chi connectivity index (χ0v) is 12.5. The summed E-state index contributed by atoms with van der Waals surface area (Å²) in [5, 5.41) is 5.69. The second kappa shape index (κ2) is 6.02. The third-order valence-electron chi connectivity index (χ3n) is 2.67. The van der Waals surface area contributed by atoms with Gasteiger partial charge < -0.3 is 5.32 Å². The van der Waals surface area contributed by atoms with Crippen LogP contribution in [0.25, 0.3) is 0 Å². The lowest BCUT2D eigenvalue weighted by molar-refractivity contribution is 0.573. The Kier molecular flexibility index (Phi) is 4.62. The molecule has 0 spiro atoms. The highest BCUT2D eigenvalue weighted by Crippen LogP contribution is 2.25. The number of aryl methyl sites for hydroxylation is 1. The molecule has 0 radical (unpaired) electrons. The van der Waals surface area contributed by atoms with E-state index in [4.69, 9.17) is 23.2 Å². The fourth-order valence-corrected chi connectivity index (χ4v) is 2.67. The third-order valence-corrected chi connectivity index (χ3v) is 4.32. The van der Waals surface area contributed by atoms with Crippen LogP contribution in [0.3, 0.4) is 0 Å². The van der Waals surface area contributed by atoms with Crippen LogP contribution in [0.5, 0.6) is 0 Å². The van der Waals surface area contributed by atoms with Crippen LogP contribution < -0.4 is 5.32 Å². The Hall–Kier alpha value is -0.610. The summed E-state index contributed by atoms with van der Waals surface area (Å²) in [7, 11) is 0. The maximum atomic E-state index is 6.01. The molecule has 1 aromatic heterocycles. The molecule has 0 saturated heterocycles. The predicted octanol–water partition coefficient (Wildman–Crippen LogP) is 4.61. The summed E-state index contributed by atoms with van der Waals surface area (Å²) in [5.41, 5.74) is 1.12. The van der Waals surface area contributed by atoms with E-state index >= 15 is 0 Å². The Labute approximate surface area is 121 Å². The van der Waals surface area contributed by atoms with Gasteiger partial charge in [0.1, 0.15) is 5.01 Å². The quantitative estimate of drug-likeness (QED) is 0.892. The van der Waals surface area contributed by atoms with Gasteiger partial charge in [-0.3, -0.25) is 0 Å². The fraction of sp³-hybridized carbons (Fsp3) is 0.308. The zero-order chi connectivity index (χ0) is 13.1. The molecule has 1 unspecified atom stereocenters. The monoisotopic (exact) mass is 300 g/mol. The SMILES string of the molecule is Cc1cnc(CNC(C)c2ccc(Cl)c(Cl)c2)s1. The van der Waals surface area contributed by atoms with Gasteiger partial charge >= 0.3 is 0 Å². The van der Waals surface area contributed by atoms with Gasteiger partial charge in [0.05, 0.1) is 10.0 Å². The van der Waals surface area contributed by atoms with E-state index in [1.807, 2.05) is 24.4 Å². The topological polar surface area (TPSA) is 24.9 Å². The van der Waals surface area contributed by atoms with E-state index in [1.165, 1.54) is 4.88 Å². The molecule has 0 saturated carbocycles. The lowest BCUT2D eigenvalue weighted by Gasteiger charge is -2.13. The smallest absolute Gasteiger partial charge is 0.107 e. The van der Waals surface area contributed by atoms with Gasteiger partial charge in [0.15, 0.2) is 0 Å². The molecule has 0 aliphatic carbocycles. The Balaban J connectivity index is 1.99. The average molecular weight is 301 g/mol. The number of hydrogen-bond acceptors (Lipinski definition) is 3. The highest BCUT2D eigenvalue weighted by atomic mass is 35.5. The molecular weight excluding hydrogens is 287 g/mol. The van der Waals surface area contributed by atoms with Gasteiger partial charge in [-0.1, -0.05) is 29.3 Å². The Morgan fingerprint density at radius 1 is 1.33 bits per heavy atom. The molecule has 2 nitrogen and oxygen atoms in total. The van der Waals surface area contributed by atoms with Crippen molar-refractivity contribution in [2.75, 3.05) is 0 Å². The first-order valence-electron chi connectivity index (χ1n) is 5.66. The van der Waals surface area contributed by atoms with Crippen LogP contribution in [0.1, 0.15) is 28.4 Å². The molecule has 1 aromatic carbocycles. The minimum absolute atomic E-state index is 0.212. The summed E-state index contributed by atoms with van der Waals surface area (Å²) in [6.45, 7) is 4.92. The van der Waals surface area contributed by atoms with Crippen molar-refractivity contribution in [2.45, 2.75) is 26.4 Å². The summed E-state index contributed by atoms with van der Waals surface area (Å²) in [6, 6.07) is 5.92. The summed E-state index contributed by atoms with van der Waals surface area (Å²) in [4.78, 5) is 5.55. The first kappa shape index (κ1) is 13.8. The number of hydrogen-bond donors (Lipinski definition) is 1. The van der Waals surface area contributed by atoms with E-state index in [-0.39, 0.29) is 6.04 Å². The van der Waals surface area contributed by atoms with E-state index in [2.05, 4.69) is 24.1 Å². The largest absolute Gasteiger partial charge is 0.304 e. The van der Waals surface area contributed by atoms with Crippen molar-refractivity contribution in [1.29, 1.82) is 0 Å². The van der Waals surface area contributed by atoms with Crippen LogP contribution in [-0.2, 0) is 6.54 Å². The number of nitrogens with one attached hydrogen (secondary N) is 1. The first-order chi connectivity index (χ1) is 8.56. The van der Waals surface area contributed by atoms with Crippen LogP contribution in [0.2, 0.25) is 10.0 Å². The molecule has 0 aliphatic rings. The van der Waals surface area contributed by atoms with Crippen molar-refractivity contribution in [3.63, 3.8) is 0 Å². The molecular formula is C13H14Cl2N2S. The first-order valence-corrected chi connectivity index (χ1v) is 7.23. The minimum Gasteiger partial charge on any atom is -0.304 e. The van der Waals surface area contributed by atoms with Gasteiger partial charge in [-0.15, -0.1) is 11.3 Å². The maximum absolute atomic E-state index is 6.01. The summed E-state index contributed by atoms with van der Waals surface area (Å²) >= 11 is 13.6. The molecule has 1 atom stereocenters. The number of thiazole rings is 1. The van der Waals surface area contributed by atoms with Gasteiger partial charge in [0, 0.05) is 23.7 Å². The second-order valence-electron chi connectivity index (χ2n) is 4.14. The van der Waals surface area contributed by atoms with Gasteiger partial charge in [-0.2, -0.15) is 0 Å². The maximum Gasteiger partial charge on any atom is 0.107 e. The van der Waals surface area contributed by atoms with E-state index in [0.717, 1.165) is 17.1 Å². The fourth-order valence-electron chi connectivity index (χ4n) is 1.62. The van der Waals surface area contributed by atoms with Gasteiger partial charge in [0.2, 0.25) is 0 Å². The van der Waals surface area contributed by atoms with Crippen LogP contribution in [0.4, 0.5) is 0 Å². The Morgan fingerprint density at radius 2 is 2.11 bits per heavy atom. The molecule has 2 rings (SSSR count). The number of nitrogens with zero attached hydrogens (tertiary/aromatic N) is 1. The van der Waals surface area contributed by atoms with Crippen molar-refractivity contribution in [3.05, 3.63) is 49.9 Å². The predicted molar refractivity (Wildman–Crippen MR) is 78.6 cm³/mol. The number of aromatic nitrogens is 1. The van der Waals surface area contributed by atoms with Crippen LogP contribution in [0.15, 0.2) is 24.4 Å². The molecule has 0 amide bonds. The number of benzene rings is 1. The summed E-state index contributed by atoms with van der Waals surface area (Å²) in [5.74, 6) is 0. The van der Waals surface area contributed by atoms with Crippen molar-refractivity contribution in [3.8, 4) is 0 Å². The lowest BCUT2D eigenvalue weighted by atomic mass is 10.1. The molecule has 1 heterocycles. The molecule has 1 N–H and O–H groups in total. The second-order valence-corrected chi connectivity index (χ2v) is 6.27. The Morgan fingerprint density at radius 3 is 2.72 bits per heavy atom. The van der Waals surface area contributed by atoms with Crippen molar-refractivity contribution >= 4 is 34.5 Å². The summed E-state index contributed by atoms with van der Waals surface area (Å²) < 4.78 is 0. The van der Waals surface area contributed by atoms with Crippen LogP contribution in [-0.4, -0.2) is 4.98 Å². The highest BCUT2D eigenvalue weighted by Gasteiger charge is 2.08. The standard InChI is InChI=1S/C13H14Cl2N2S/c1-8-6-17-13(18-8)7-16-9(2)10-3-4-11(14)12(15)5-10/h3-6,9,16H,7H2,1-2H3. The number of halogens is 2. The normalized spacial score (nSPS) is 12.7. The van der Waals surface area contributed by atoms with Gasteiger partial charge in [-0.25, -0.2) is 4.98 Å². The van der Waals surface area contributed by atoms with Crippen molar-refractivity contribution in [2.24, 2.45) is 0 Å². The van der Waals surface area contributed by atoms with Crippen LogP contribution >= 0.6 is 34.5 Å². The third kappa shape index (κ3) is 3.45. The van der Waals surface area contributed by atoms with Crippen molar-refractivity contribution < 1.29 is 0 Å². The lowest BCUT2D eigenvalue weighted by Crippen LogP contribution is -2.17. The molecule has 0 fully saturated rings. The minimum atomic E-state index is 0.212. The van der Waals surface area contributed by atoms with Gasteiger partial charge in [-0.05, 0) is 31.5 Å². The highest BCUT2D eigenvalue weighted by molar-refractivity contribution is 7.11. The molecule has 96 valence electrons. The van der Waals surface area contributed by atoms with E-state index in [0.29, 0.717) is 10.0 Å². The molecule has 0 aliphatic heterocycles. The molecule has 18 heavy (non-hydrogen) atoms. The van der Waals surface area contributed by atoms with Crippen LogP contribution in [0, 0.1) is 6.92 Å². The zero-order valence-electron chi connectivity index (χ0n) is 10.2. The number of rotatable bonds is 4. The molecule has 0 bridgehead atoms. The molecule has 2 aromatic rings.